The Morgan fingerprint density at radius 2 is 1.33 bits per heavy atom. The maximum absolute atomic E-state index is 11.3. The van der Waals surface area contributed by atoms with Crippen molar-refractivity contribution in [2.75, 3.05) is 0 Å². The Bertz CT molecular complexity index is 665. The van der Waals surface area contributed by atoms with Gasteiger partial charge in [0.25, 0.3) is 0 Å². The summed E-state index contributed by atoms with van der Waals surface area (Å²) in [5.74, 6) is 2.43. The number of hydrogen-bond donors (Lipinski definition) is 6. The van der Waals surface area contributed by atoms with Crippen LogP contribution in [0.25, 0.3) is 0 Å². The van der Waals surface area contributed by atoms with Crippen LogP contribution in [-0.2, 0) is 4.74 Å². The summed E-state index contributed by atoms with van der Waals surface area (Å²) >= 11 is 0. The third-order valence-electron chi connectivity index (χ3n) is 10.7. The fraction of sp³-hybridized carbons (Fsp3) is 1.00. The van der Waals surface area contributed by atoms with Gasteiger partial charge in [0, 0.05) is 18.5 Å². The average molecular weight is 554 g/mol. The second-order valence-electron chi connectivity index (χ2n) is 14.4. The molecular formula is C32H63N3O4. The summed E-state index contributed by atoms with van der Waals surface area (Å²) in [6, 6.07) is 0.149. The van der Waals surface area contributed by atoms with Crippen LogP contribution in [-0.4, -0.2) is 58.3 Å². The van der Waals surface area contributed by atoms with E-state index in [1.807, 2.05) is 0 Å². The number of aliphatic hydroxyl groups excluding tert-OH is 3. The lowest BCUT2D eigenvalue weighted by atomic mass is 9.68. The van der Waals surface area contributed by atoms with Crippen molar-refractivity contribution in [3.8, 4) is 0 Å². The minimum Gasteiger partial charge on any atom is -0.379 e. The molecular weight excluding hydrogens is 490 g/mol. The second kappa shape index (κ2) is 15.8. The minimum absolute atomic E-state index is 0.0205. The lowest BCUT2D eigenvalue weighted by Crippen LogP contribution is -2.57. The lowest BCUT2D eigenvalue weighted by Gasteiger charge is -2.42. The Morgan fingerprint density at radius 3 is 1.82 bits per heavy atom. The van der Waals surface area contributed by atoms with Gasteiger partial charge < -0.3 is 31.1 Å². The summed E-state index contributed by atoms with van der Waals surface area (Å²) in [5.41, 5.74) is 5.77. The van der Waals surface area contributed by atoms with Crippen molar-refractivity contribution in [1.82, 2.24) is 10.6 Å². The number of rotatable bonds is 13. The van der Waals surface area contributed by atoms with Gasteiger partial charge in [-0.2, -0.15) is 0 Å². The molecule has 3 rings (SSSR count). The van der Waals surface area contributed by atoms with Crippen molar-refractivity contribution in [3.63, 3.8) is 0 Å². The molecule has 5 unspecified atom stereocenters. The summed E-state index contributed by atoms with van der Waals surface area (Å²) in [7, 11) is 0. The highest BCUT2D eigenvalue weighted by atomic mass is 16.6. The van der Waals surface area contributed by atoms with Crippen LogP contribution in [0.2, 0.25) is 0 Å². The summed E-state index contributed by atoms with van der Waals surface area (Å²) in [6.07, 6.45) is 14.4. The van der Waals surface area contributed by atoms with E-state index in [9.17, 15) is 15.3 Å². The summed E-state index contributed by atoms with van der Waals surface area (Å²) in [6.45, 7) is 10.9. The Labute approximate surface area is 239 Å². The van der Waals surface area contributed by atoms with Gasteiger partial charge in [-0.3, -0.25) is 5.32 Å². The van der Waals surface area contributed by atoms with Gasteiger partial charge >= 0.3 is 0 Å². The number of nitrogens with one attached hydrogen (secondary N) is 2. The first kappa shape index (κ1) is 33.2. The number of hydrogen-bond acceptors (Lipinski definition) is 7. The van der Waals surface area contributed by atoms with Crippen molar-refractivity contribution in [2.45, 2.75) is 174 Å². The Balaban J connectivity index is 1.57. The van der Waals surface area contributed by atoms with E-state index in [1.54, 1.807) is 0 Å². The van der Waals surface area contributed by atoms with Gasteiger partial charge in [0.2, 0.25) is 0 Å². The van der Waals surface area contributed by atoms with Crippen molar-refractivity contribution in [1.29, 1.82) is 0 Å². The predicted octanol–water partition coefficient (Wildman–Crippen LogP) is 5.01. The highest BCUT2D eigenvalue weighted by molar-refractivity contribution is 4.90. The van der Waals surface area contributed by atoms with Crippen LogP contribution in [0.1, 0.15) is 131 Å². The minimum atomic E-state index is -0.873. The van der Waals surface area contributed by atoms with Crippen LogP contribution >= 0.6 is 0 Å². The van der Waals surface area contributed by atoms with Crippen LogP contribution in [0.4, 0.5) is 0 Å². The van der Waals surface area contributed by atoms with Gasteiger partial charge in [-0.15, -0.1) is 0 Å². The molecule has 0 aromatic rings. The predicted molar refractivity (Wildman–Crippen MR) is 159 cm³/mol. The molecule has 3 saturated carbocycles. The summed E-state index contributed by atoms with van der Waals surface area (Å²) < 4.78 is 6.06. The van der Waals surface area contributed by atoms with Crippen LogP contribution in [0.3, 0.4) is 0 Å². The molecule has 0 aromatic carbocycles. The molecule has 0 saturated heterocycles. The highest BCUT2D eigenvalue weighted by Crippen LogP contribution is 2.42. The molecule has 230 valence electrons. The maximum Gasteiger partial charge on any atom is 0.156 e. The van der Waals surface area contributed by atoms with Gasteiger partial charge in [-0.1, -0.05) is 47.0 Å². The zero-order valence-electron chi connectivity index (χ0n) is 25.8. The second-order valence-corrected chi connectivity index (χ2v) is 14.4. The smallest absolute Gasteiger partial charge is 0.156 e. The fourth-order valence-corrected chi connectivity index (χ4v) is 7.45. The zero-order valence-corrected chi connectivity index (χ0v) is 25.8. The third kappa shape index (κ3) is 10.5. The normalized spacial score (nSPS) is 32.2. The first-order valence-corrected chi connectivity index (χ1v) is 16.4. The molecule has 0 bridgehead atoms. The molecule has 0 heterocycles. The molecule has 3 aliphatic rings. The van der Waals surface area contributed by atoms with Gasteiger partial charge in [0.15, 0.2) is 6.29 Å². The van der Waals surface area contributed by atoms with Crippen LogP contribution in [0, 0.1) is 29.1 Å². The molecule has 3 aliphatic carbocycles. The standard InChI is InChI=1S/C32H63N3O4/c1-6-27(24-16-12-22(13-17-24)23-14-18-25(19-15-23)30(33)37)35-28(31(38)34-21(2)32(3,4)5)20-29(36)39-26-10-8-7-9-11-26/h21-31,34-38H,6-20,33H2,1-5H3/t21-,22?,23?,24?,25?,27?,28?,29?,30?,31?/m1/s1. The SMILES string of the molecule is CCC(NC(CC(O)OC1CCCCC1)C(O)N[C@H](C)C(C)(C)C)C1CCC(C2CCC(C(N)O)CC2)CC1. The highest BCUT2D eigenvalue weighted by Gasteiger charge is 2.36. The monoisotopic (exact) mass is 553 g/mol. The molecule has 7 N–H and O–H groups in total. The molecule has 0 amide bonds. The average Bonchev–Trinajstić information content (AvgIpc) is 2.91. The van der Waals surface area contributed by atoms with E-state index in [2.05, 4.69) is 45.3 Å². The summed E-state index contributed by atoms with van der Waals surface area (Å²) in [5, 5.41) is 39.3. The molecule has 7 heteroatoms. The lowest BCUT2D eigenvalue weighted by molar-refractivity contribution is -0.155. The van der Waals surface area contributed by atoms with Crippen LogP contribution in [0.15, 0.2) is 0 Å². The Morgan fingerprint density at radius 1 is 0.795 bits per heavy atom. The zero-order chi connectivity index (χ0) is 28.6. The van der Waals surface area contributed by atoms with Gasteiger partial charge in [0.05, 0.1) is 12.1 Å². The molecule has 0 aromatic heterocycles. The molecule has 0 spiro atoms. The first-order valence-electron chi connectivity index (χ1n) is 16.4. The topological polar surface area (TPSA) is 120 Å². The van der Waals surface area contributed by atoms with E-state index in [1.165, 1.54) is 57.8 Å². The first-order chi connectivity index (χ1) is 18.5. The molecule has 39 heavy (non-hydrogen) atoms. The molecule has 7 nitrogen and oxygen atoms in total. The molecule has 6 atom stereocenters. The third-order valence-corrected chi connectivity index (χ3v) is 10.7. The molecule has 0 radical (unpaired) electrons. The van der Waals surface area contributed by atoms with E-state index in [-0.39, 0.29) is 29.5 Å². The van der Waals surface area contributed by atoms with Crippen molar-refractivity contribution in [2.24, 2.45) is 34.8 Å². The van der Waals surface area contributed by atoms with E-state index < -0.39 is 18.7 Å². The molecule has 0 aliphatic heterocycles. The Kier molecular flexibility index (Phi) is 13.5. The van der Waals surface area contributed by atoms with E-state index in [0.717, 1.165) is 43.9 Å². The van der Waals surface area contributed by atoms with Gasteiger partial charge in [-0.05, 0) is 107 Å². The van der Waals surface area contributed by atoms with Crippen LogP contribution in [0.5, 0.6) is 0 Å². The largest absolute Gasteiger partial charge is 0.379 e. The van der Waals surface area contributed by atoms with Crippen LogP contribution < -0.4 is 16.4 Å². The Hall–Kier alpha value is -0.280. The van der Waals surface area contributed by atoms with E-state index in [4.69, 9.17) is 10.5 Å². The number of nitrogens with two attached hydrogens (primary N) is 1. The maximum atomic E-state index is 11.3. The van der Waals surface area contributed by atoms with Crippen molar-refractivity contribution < 1.29 is 20.1 Å². The van der Waals surface area contributed by atoms with E-state index in [0.29, 0.717) is 18.4 Å². The quantitative estimate of drug-likeness (QED) is 0.177. The summed E-state index contributed by atoms with van der Waals surface area (Å²) in [4.78, 5) is 0. The van der Waals surface area contributed by atoms with Crippen molar-refractivity contribution in [3.05, 3.63) is 0 Å². The number of aliphatic hydroxyl groups is 3. The molecule has 3 fully saturated rings. The van der Waals surface area contributed by atoms with Gasteiger partial charge in [0.1, 0.15) is 12.5 Å². The van der Waals surface area contributed by atoms with E-state index >= 15 is 0 Å². The van der Waals surface area contributed by atoms with Crippen molar-refractivity contribution >= 4 is 0 Å². The number of ether oxygens (including phenoxy) is 1. The van der Waals surface area contributed by atoms with Gasteiger partial charge in [-0.25, -0.2) is 0 Å². The fourth-order valence-electron chi connectivity index (χ4n) is 7.45.